The van der Waals surface area contributed by atoms with Crippen molar-refractivity contribution in [2.24, 2.45) is 5.73 Å². The fourth-order valence-electron chi connectivity index (χ4n) is 1.79. The maximum atomic E-state index is 11.0. The number of likely N-dealkylation sites (tertiary alicyclic amines) is 1. The summed E-state index contributed by atoms with van der Waals surface area (Å²) >= 11 is 0. The zero-order valence-corrected chi connectivity index (χ0v) is 7.95. The zero-order chi connectivity index (χ0) is 9.84. The van der Waals surface area contributed by atoms with Gasteiger partial charge in [0.15, 0.2) is 0 Å². The largest absolute Gasteiger partial charge is 0.368 e. The molecule has 1 rings (SSSR count). The molecule has 13 heavy (non-hydrogen) atoms. The number of nitrogens with zero attached hydrogens (tertiary/aromatic N) is 1. The van der Waals surface area contributed by atoms with Crippen molar-refractivity contribution < 1.29 is 9.59 Å². The lowest BCUT2D eigenvalue weighted by Gasteiger charge is -2.32. The highest BCUT2D eigenvalue weighted by molar-refractivity contribution is 5.82. The van der Waals surface area contributed by atoms with Gasteiger partial charge in [0.05, 0.1) is 12.6 Å². The number of carbonyl (C=O) groups is 2. The molecule has 2 N–H and O–H groups in total. The van der Waals surface area contributed by atoms with E-state index < -0.39 is 0 Å². The number of piperidine rings is 1. The highest BCUT2D eigenvalue weighted by atomic mass is 16.1. The van der Waals surface area contributed by atoms with E-state index in [1.807, 2.05) is 4.90 Å². The van der Waals surface area contributed by atoms with Gasteiger partial charge in [0, 0.05) is 0 Å². The first-order chi connectivity index (χ1) is 6.11. The van der Waals surface area contributed by atoms with Crippen LogP contribution in [0.3, 0.4) is 0 Å². The molecule has 0 aliphatic carbocycles. The maximum Gasteiger partial charge on any atom is 0.234 e. The molecule has 1 fully saturated rings. The minimum absolute atomic E-state index is 0.0909. The minimum atomic E-state index is -0.305. The Morgan fingerprint density at radius 1 is 1.46 bits per heavy atom. The van der Waals surface area contributed by atoms with Gasteiger partial charge in [-0.25, -0.2) is 0 Å². The standard InChI is InChI=1S/C9H16N2O2/c1-7(12)6-11-5-3-2-4-8(11)9(10)13/h8H,2-6H2,1H3,(H2,10,13). The van der Waals surface area contributed by atoms with E-state index in [1.165, 1.54) is 6.92 Å². The van der Waals surface area contributed by atoms with Crippen LogP contribution in [0.2, 0.25) is 0 Å². The SMILES string of the molecule is CC(=O)CN1CCCCC1C(N)=O. The number of amides is 1. The van der Waals surface area contributed by atoms with Crippen LogP contribution in [0.15, 0.2) is 0 Å². The third-order valence-corrected chi connectivity index (χ3v) is 2.37. The van der Waals surface area contributed by atoms with Crippen LogP contribution >= 0.6 is 0 Å². The van der Waals surface area contributed by atoms with Gasteiger partial charge < -0.3 is 5.73 Å². The van der Waals surface area contributed by atoms with Crippen LogP contribution in [0.5, 0.6) is 0 Å². The third-order valence-electron chi connectivity index (χ3n) is 2.37. The summed E-state index contributed by atoms with van der Waals surface area (Å²) < 4.78 is 0. The van der Waals surface area contributed by atoms with E-state index in [-0.39, 0.29) is 17.7 Å². The smallest absolute Gasteiger partial charge is 0.234 e. The van der Waals surface area contributed by atoms with Crippen LogP contribution in [0.25, 0.3) is 0 Å². The van der Waals surface area contributed by atoms with Gasteiger partial charge >= 0.3 is 0 Å². The lowest BCUT2D eigenvalue weighted by atomic mass is 10.0. The zero-order valence-electron chi connectivity index (χ0n) is 7.95. The Morgan fingerprint density at radius 3 is 2.69 bits per heavy atom. The molecule has 1 aliphatic rings. The van der Waals surface area contributed by atoms with Crippen molar-refractivity contribution in [1.82, 2.24) is 4.90 Å². The van der Waals surface area contributed by atoms with Gasteiger partial charge in [-0.1, -0.05) is 6.42 Å². The molecule has 0 bridgehead atoms. The van der Waals surface area contributed by atoms with Crippen molar-refractivity contribution in [3.8, 4) is 0 Å². The van der Waals surface area contributed by atoms with Crippen molar-refractivity contribution in [3.05, 3.63) is 0 Å². The molecular formula is C9H16N2O2. The predicted octanol–water partition coefficient (Wildman–Crippen LogP) is -0.0848. The summed E-state index contributed by atoms with van der Waals surface area (Å²) in [5.74, 6) is -0.214. The molecule has 0 aromatic heterocycles. The second-order valence-corrected chi connectivity index (χ2v) is 3.59. The van der Waals surface area contributed by atoms with Crippen LogP contribution < -0.4 is 5.73 Å². The Labute approximate surface area is 78.1 Å². The van der Waals surface area contributed by atoms with Crippen LogP contribution in [0, 0.1) is 0 Å². The van der Waals surface area contributed by atoms with Crippen molar-refractivity contribution >= 4 is 11.7 Å². The number of hydrogen-bond acceptors (Lipinski definition) is 3. The second-order valence-electron chi connectivity index (χ2n) is 3.59. The van der Waals surface area contributed by atoms with Gasteiger partial charge in [-0.05, 0) is 26.3 Å². The summed E-state index contributed by atoms with van der Waals surface area (Å²) in [6.07, 6.45) is 2.88. The number of Topliss-reactive ketones (excluding diaryl/α,β-unsaturated/α-hetero) is 1. The van der Waals surface area contributed by atoms with Crippen LogP contribution in [0.4, 0.5) is 0 Å². The van der Waals surface area contributed by atoms with E-state index in [9.17, 15) is 9.59 Å². The molecule has 1 atom stereocenters. The summed E-state index contributed by atoms with van der Waals surface area (Å²) in [5.41, 5.74) is 5.24. The molecule has 1 amide bonds. The molecule has 1 unspecified atom stereocenters. The number of hydrogen-bond donors (Lipinski definition) is 1. The van der Waals surface area contributed by atoms with E-state index in [1.54, 1.807) is 0 Å². The quantitative estimate of drug-likeness (QED) is 0.667. The molecule has 0 saturated carbocycles. The monoisotopic (exact) mass is 184 g/mol. The van der Waals surface area contributed by atoms with Crippen molar-refractivity contribution in [2.75, 3.05) is 13.1 Å². The van der Waals surface area contributed by atoms with Crippen molar-refractivity contribution in [1.29, 1.82) is 0 Å². The van der Waals surface area contributed by atoms with E-state index in [0.29, 0.717) is 6.54 Å². The van der Waals surface area contributed by atoms with E-state index >= 15 is 0 Å². The fraction of sp³-hybridized carbons (Fsp3) is 0.778. The molecular weight excluding hydrogens is 168 g/mol. The van der Waals surface area contributed by atoms with Gasteiger partial charge in [-0.15, -0.1) is 0 Å². The summed E-state index contributed by atoms with van der Waals surface area (Å²) in [4.78, 5) is 23.8. The first kappa shape index (κ1) is 10.2. The molecule has 74 valence electrons. The Bertz CT molecular complexity index is 216. The van der Waals surface area contributed by atoms with E-state index in [2.05, 4.69) is 0 Å². The molecule has 4 heteroatoms. The van der Waals surface area contributed by atoms with Crippen LogP contribution in [-0.4, -0.2) is 35.7 Å². The predicted molar refractivity (Wildman–Crippen MR) is 49.1 cm³/mol. The highest BCUT2D eigenvalue weighted by Crippen LogP contribution is 2.15. The second kappa shape index (κ2) is 4.37. The van der Waals surface area contributed by atoms with Crippen LogP contribution in [0.1, 0.15) is 26.2 Å². The molecule has 1 aliphatic heterocycles. The molecule has 0 spiro atoms. The number of carbonyl (C=O) groups excluding carboxylic acids is 2. The van der Waals surface area contributed by atoms with E-state index in [4.69, 9.17) is 5.73 Å². The van der Waals surface area contributed by atoms with Gasteiger partial charge in [0.2, 0.25) is 5.91 Å². The molecule has 0 aromatic rings. The van der Waals surface area contributed by atoms with Crippen molar-refractivity contribution in [2.45, 2.75) is 32.2 Å². The minimum Gasteiger partial charge on any atom is -0.368 e. The van der Waals surface area contributed by atoms with Gasteiger partial charge in [-0.2, -0.15) is 0 Å². The average Bonchev–Trinajstić information content (AvgIpc) is 2.03. The molecule has 1 saturated heterocycles. The summed E-state index contributed by atoms with van der Waals surface area (Å²) in [7, 11) is 0. The number of nitrogens with two attached hydrogens (primary N) is 1. The molecule has 0 radical (unpaired) electrons. The van der Waals surface area contributed by atoms with Crippen molar-refractivity contribution in [3.63, 3.8) is 0 Å². The Morgan fingerprint density at radius 2 is 2.15 bits per heavy atom. The number of rotatable bonds is 3. The lowest BCUT2D eigenvalue weighted by molar-refractivity contribution is -0.126. The molecule has 4 nitrogen and oxygen atoms in total. The average molecular weight is 184 g/mol. The first-order valence-electron chi connectivity index (χ1n) is 4.64. The maximum absolute atomic E-state index is 11.0. The summed E-state index contributed by atoms with van der Waals surface area (Å²) in [6.45, 7) is 2.70. The van der Waals surface area contributed by atoms with Gasteiger partial charge in [-0.3, -0.25) is 14.5 Å². The Kier molecular flexibility index (Phi) is 3.42. The third kappa shape index (κ3) is 2.81. The van der Waals surface area contributed by atoms with Crippen LogP contribution in [-0.2, 0) is 9.59 Å². The summed E-state index contributed by atoms with van der Waals surface area (Å²) in [5, 5.41) is 0. The topological polar surface area (TPSA) is 63.4 Å². The fourth-order valence-corrected chi connectivity index (χ4v) is 1.79. The Hall–Kier alpha value is -0.900. The summed E-state index contributed by atoms with van der Waals surface area (Å²) in [6, 6.07) is -0.224. The Balaban J connectivity index is 2.56. The first-order valence-corrected chi connectivity index (χ1v) is 4.64. The molecule has 1 heterocycles. The highest BCUT2D eigenvalue weighted by Gasteiger charge is 2.27. The van der Waals surface area contributed by atoms with Gasteiger partial charge in [0.25, 0.3) is 0 Å². The number of ketones is 1. The molecule has 0 aromatic carbocycles. The van der Waals surface area contributed by atoms with Gasteiger partial charge in [0.1, 0.15) is 5.78 Å². The number of primary amides is 1. The van der Waals surface area contributed by atoms with E-state index in [0.717, 1.165) is 25.8 Å². The lowest BCUT2D eigenvalue weighted by Crippen LogP contribution is -2.49. The normalized spacial score (nSPS) is 24.2.